The van der Waals surface area contributed by atoms with Crippen LogP contribution in [0.3, 0.4) is 0 Å². The lowest BCUT2D eigenvalue weighted by molar-refractivity contribution is 0.0940. The van der Waals surface area contributed by atoms with Crippen LogP contribution >= 0.6 is 0 Å². The van der Waals surface area contributed by atoms with Gasteiger partial charge < -0.3 is 25.8 Å². The van der Waals surface area contributed by atoms with Gasteiger partial charge in [0.1, 0.15) is 5.82 Å². The second kappa shape index (κ2) is 10.5. The van der Waals surface area contributed by atoms with Crippen molar-refractivity contribution in [1.29, 1.82) is 0 Å². The first kappa shape index (κ1) is 23.5. The van der Waals surface area contributed by atoms with Gasteiger partial charge in [0.05, 0.1) is 6.04 Å². The summed E-state index contributed by atoms with van der Waals surface area (Å²) in [5, 5.41) is 8.44. The Bertz CT molecular complexity index is 940. The Morgan fingerprint density at radius 1 is 0.938 bits per heavy atom. The number of halogens is 1. The molecule has 2 aromatic carbocycles. The van der Waals surface area contributed by atoms with Crippen molar-refractivity contribution in [3.8, 4) is 0 Å². The minimum absolute atomic E-state index is 0.0279. The van der Waals surface area contributed by atoms with Gasteiger partial charge in [0, 0.05) is 54.7 Å². The number of carbonyl (C=O) groups excluding carboxylic acids is 2. The molecule has 0 aromatic heterocycles. The van der Waals surface area contributed by atoms with E-state index in [1.165, 1.54) is 12.1 Å². The van der Waals surface area contributed by atoms with E-state index in [0.29, 0.717) is 11.3 Å². The van der Waals surface area contributed by atoms with Gasteiger partial charge in [-0.05, 0) is 70.3 Å². The molecule has 1 heterocycles. The monoisotopic (exact) mass is 441 g/mol. The molecule has 1 unspecified atom stereocenters. The predicted octanol–water partition coefficient (Wildman–Crippen LogP) is 3.60. The van der Waals surface area contributed by atoms with Crippen molar-refractivity contribution in [2.24, 2.45) is 0 Å². The molecule has 0 spiro atoms. The predicted molar refractivity (Wildman–Crippen MR) is 126 cm³/mol. The smallest absolute Gasteiger partial charge is 0.319 e. The second-order valence-electron chi connectivity index (χ2n) is 8.52. The Hall–Kier alpha value is -3.13. The standard InChI is InChI=1S/C24H32FN5O2/c1-16(2)26-24(32)28-20-8-5-18(6-9-20)23(31)27-17(3)21-15-19(25)7-10-22(21)30-13-11-29(4)12-14-30/h5-10,15-17H,11-14H2,1-4H3,(H,27,31)(H2,26,28,32). The second-order valence-corrected chi connectivity index (χ2v) is 8.52. The van der Waals surface area contributed by atoms with Crippen LogP contribution in [0.4, 0.5) is 20.6 Å². The van der Waals surface area contributed by atoms with Crippen molar-refractivity contribution in [1.82, 2.24) is 15.5 Å². The third-order valence-electron chi connectivity index (χ3n) is 5.47. The molecule has 7 nitrogen and oxygen atoms in total. The SMILES string of the molecule is CC(C)NC(=O)Nc1ccc(C(=O)NC(C)c2cc(F)ccc2N2CCN(C)CC2)cc1. The molecule has 1 aliphatic rings. The molecule has 0 saturated carbocycles. The van der Waals surface area contributed by atoms with Gasteiger partial charge in [-0.15, -0.1) is 0 Å². The summed E-state index contributed by atoms with van der Waals surface area (Å²) in [6, 6.07) is 10.8. The lowest BCUT2D eigenvalue weighted by Gasteiger charge is -2.36. The number of hydrogen-bond acceptors (Lipinski definition) is 4. The van der Waals surface area contributed by atoms with Gasteiger partial charge in [0.2, 0.25) is 0 Å². The molecule has 2 aromatic rings. The first-order valence-electron chi connectivity index (χ1n) is 10.9. The Morgan fingerprint density at radius 2 is 1.59 bits per heavy atom. The van der Waals surface area contributed by atoms with Crippen LogP contribution in [0.15, 0.2) is 42.5 Å². The molecule has 8 heteroatoms. The van der Waals surface area contributed by atoms with E-state index < -0.39 is 0 Å². The van der Waals surface area contributed by atoms with Gasteiger partial charge in [0.25, 0.3) is 5.91 Å². The first-order valence-corrected chi connectivity index (χ1v) is 10.9. The van der Waals surface area contributed by atoms with Crippen molar-refractivity contribution < 1.29 is 14.0 Å². The third-order valence-corrected chi connectivity index (χ3v) is 5.47. The Balaban J connectivity index is 1.68. The largest absolute Gasteiger partial charge is 0.369 e. The number of urea groups is 1. The highest BCUT2D eigenvalue weighted by Crippen LogP contribution is 2.28. The van der Waals surface area contributed by atoms with E-state index in [1.807, 2.05) is 20.8 Å². The summed E-state index contributed by atoms with van der Waals surface area (Å²) in [5.41, 5.74) is 2.76. The maximum Gasteiger partial charge on any atom is 0.319 e. The Kier molecular flexibility index (Phi) is 7.69. The normalized spacial score (nSPS) is 15.4. The first-order chi connectivity index (χ1) is 15.2. The summed E-state index contributed by atoms with van der Waals surface area (Å²) >= 11 is 0. The molecule has 1 aliphatic heterocycles. The van der Waals surface area contributed by atoms with E-state index in [4.69, 9.17) is 0 Å². The zero-order valence-corrected chi connectivity index (χ0v) is 19.1. The molecule has 1 fully saturated rings. The Labute approximate surface area is 189 Å². The number of nitrogens with zero attached hydrogens (tertiary/aromatic N) is 2. The highest BCUT2D eigenvalue weighted by molar-refractivity contribution is 5.95. The van der Waals surface area contributed by atoms with Crippen molar-refractivity contribution in [3.63, 3.8) is 0 Å². The average Bonchev–Trinajstić information content (AvgIpc) is 2.74. The van der Waals surface area contributed by atoms with E-state index >= 15 is 0 Å². The van der Waals surface area contributed by atoms with Crippen LogP contribution in [0.5, 0.6) is 0 Å². The van der Waals surface area contributed by atoms with Crippen LogP contribution in [0.1, 0.15) is 42.7 Å². The summed E-state index contributed by atoms with van der Waals surface area (Å²) in [6.07, 6.45) is 0. The van der Waals surface area contributed by atoms with Crippen LogP contribution in [0.25, 0.3) is 0 Å². The van der Waals surface area contributed by atoms with Gasteiger partial charge in [0.15, 0.2) is 0 Å². The minimum Gasteiger partial charge on any atom is -0.369 e. The number of piperazine rings is 1. The maximum atomic E-state index is 14.0. The number of nitrogens with one attached hydrogen (secondary N) is 3. The van der Waals surface area contributed by atoms with Gasteiger partial charge in [-0.25, -0.2) is 9.18 Å². The summed E-state index contributed by atoms with van der Waals surface area (Å²) in [6.45, 7) is 9.20. The lowest BCUT2D eigenvalue weighted by atomic mass is 10.0. The maximum absolute atomic E-state index is 14.0. The van der Waals surface area contributed by atoms with Crippen LogP contribution < -0.4 is 20.9 Å². The molecule has 32 heavy (non-hydrogen) atoms. The quantitative estimate of drug-likeness (QED) is 0.640. The highest BCUT2D eigenvalue weighted by Gasteiger charge is 2.21. The molecule has 3 amide bonds. The average molecular weight is 442 g/mol. The van der Waals surface area contributed by atoms with E-state index in [9.17, 15) is 14.0 Å². The fraction of sp³-hybridized carbons (Fsp3) is 0.417. The lowest BCUT2D eigenvalue weighted by Crippen LogP contribution is -2.45. The molecule has 172 valence electrons. The van der Waals surface area contributed by atoms with E-state index in [0.717, 1.165) is 37.4 Å². The molecule has 3 N–H and O–H groups in total. The summed E-state index contributed by atoms with van der Waals surface area (Å²) in [7, 11) is 2.09. The zero-order valence-electron chi connectivity index (χ0n) is 19.1. The summed E-state index contributed by atoms with van der Waals surface area (Å²) in [5.74, 6) is -0.585. The molecular weight excluding hydrogens is 409 g/mol. The minimum atomic E-state index is -0.373. The summed E-state index contributed by atoms with van der Waals surface area (Å²) < 4.78 is 14.0. The van der Waals surface area contributed by atoms with Crippen LogP contribution in [-0.2, 0) is 0 Å². The highest BCUT2D eigenvalue weighted by atomic mass is 19.1. The van der Waals surface area contributed by atoms with Crippen molar-refractivity contribution in [2.75, 3.05) is 43.4 Å². The number of anilines is 2. The van der Waals surface area contributed by atoms with E-state index in [1.54, 1.807) is 30.3 Å². The van der Waals surface area contributed by atoms with E-state index in [-0.39, 0.29) is 29.8 Å². The molecule has 1 saturated heterocycles. The zero-order chi connectivity index (χ0) is 23.3. The van der Waals surface area contributed by atoms with Crippen molar-refractivity contribution in [2.45, 2.75) is 32.9 Å². The van der Waals surface area contributed by atoms with Gasteiger partial charge >= 0.3 is 6.03 Å². The summed E-state index contributed by atoms with van der Waals surface area (Å²) in [4.78, 5) is 29.1. The number of rotatable bonds is 6. The molecule has 1 atom stereocenters. The van der Waals surface area contributed by atoms with E-state index in [2.05, 4.69) is 32.8 Å². The number of benzene rings is 2. The number of likely N-dealkylation sites (N-methyl/N-ethyl adjacent to an activating group) is 1. The van der Waals surface area contributed by atoms with Crippen LogP contribution in [0, 0.1) is 5.82 Å². The Morgan fingerprint density at radius 3 is 2.22 bits per heavy atom. The third kappa shape index (κ3) is 6.20. The molecule has 0 radical (unpaired) electrons. The van der Waals surface area contributed by atoms with Crippen molar-refractivity contribution in [3.05, 3.63) is 59.4 Å². The van der Waals surface area contributed by atoms with Gasteiger partial charge in [-0.2, -0.15) is 0 Å². The molecular formula is C24H32FN5O2. The van der Waals surface area contributed by atoms with Crippen molar-refractivity contribution >= 4 is 23.3 Å². The number of hydrogen-bond donors (Lipinski definition) is 3. The van der Waals surface area contributed by atoms with Crippen LogP contribution in [-0.4, -0.2) is 56.1 Å². The van der Waals surface area contributed by atoms with Gasteiger partial charge in [-0.3, -0.25) is 4.79 Å². The van der Waals surface area contributed by atoms with Gasteiger partial charge in [-0.1, -0.05) is 0 Å². The fourth-order valence-corrected chi connectivity index (χ4v) is 3.70. The number of carbonyl (C=O) groups is 2. The van der Waals surface area contributed by atoms with Crippen LogP contribution in [0.2, 0.25) is 0 Å². The molecule has 0 aliphatic carbocycles. The fourth-order valence-electron chi connectivity index (χ4n) is 3.70. The number of amides is 3. The molecule has 0 bridgehead atoms. The topological polar surface area (TPSA) is 76.7 Å². The molecule has 3 rings (SSSR count).